The topological polar surface area (TPSA) is 60.2 Å². The van der Waals surface area contributed by atoms with E-state index in [1.54, 1.807) is 6.07 Å². The summed E-state index contributed by atoms with van der Waals surface area (Å²) in [6.07, 6.45) is 6.54. The van der Waals surface area contributed by atoms with E-state index in [9.17, 15) is 0 Å². The van der Waals surface area contributed by atoms with Crippen LogP contribution in [0.15, 0.2) is 47.0 Å². The molecular weight excluding hydrogens is 386 g/mol. The van der Waals surface area contributed by atoms with Gasteiger partial charge in [0.25, 0.3) is 5.89 Å². The number of aromatic nitrogens is 2. The van der Waals surface area contributed by atoms with E-state index < -0.39 is 0 Å². The molecule has 2 aromatic carbocycles. The third-order valence-corrected chi connectivity index (χ3v) is 5.38. The molecule has 3 aromatic rings. The Bertz CT molecular complexity index is 947. The molecule has 0 radical (unpaired) electrons. The van der Waals surface area contributed by atoms with Crippen LogP contribution in [0.5, 0.6) is 5.75 Å². The summed E-state index contributed by atoms with van der Waals surface area (Å²) in [7, 11) is 0. The average Bonchev–Trinajstić information content (AvgIpc) is 3.21. The van der Waals surface area contributed by atoms with Gasteiger partial charge in [0.05, 0.1) is 11.1 Å². The van der Waals surface area contributed by atoms with Gasteiger partial charge < -0.3 is 14.6 Å². The smallest absolute Gasteiger partial charge is 0.258 e. The first-order chi connectivity index (χ1) is 14.1. The number of hydrogen-bond donors (Lipinski definition) is 1. The fraction of sp³-hybridized carbons (Fsp3) is 0.391. The number of hydrogen-bond acceptors (Lipinski definition) is 5. The lowest BCUT2D eigenvalue weighted by molar-refractivity contribution is 0.242. The Kier molecular flexibility index (Phi) is 6.05. The molecule has 1 aromatic heterocycles. The summed E-state index contributed by atoms with van der Waals surface area (Å²) in [6, 6.07) is 14.3. The zero-order chi connectivity index (χ0) is 20.2. The van der Waals surface area contributed by atoms with Gasteiger partial charge in [-0.05, 0) is 69.2 Å². The molecule has 1 heterocycles. The van der Waals surface area contributed by atoms with Gasteiger partial charge in [-0.1, -0.05) is 36.0 Å². The van der Waals surface area contributed by atoms with Crippen LogP contribution in [0, 0.1) is 0 Å². The maximum absolute atomic E-state index is 6.33. The number of benzene rings is 2. The molecular formula is C23H26ClN3O2. The van der Waals surface area contributed by atoms with E-state index in [-0.39, 0.29) is 6.10 Å². The number of nitrogens with one attached hydrogen (secondary N) is 1. The van der Waals surface area contributed by atoms with Crippen molar-refractivity contribution in [2.45, 2.75) is 58.1 Å². The van der Waals surface area contributed by atoms with Gasteiger partial charge in [-0.15, -0.1) is 0 Å². The van der Waals surface area contributed by atoms with Crippen LogP contribution in [0.1, 0.15) is 46.0 Å². The Labute approximate surface area is 176 Å². The van der Waals surface area contributed by atoms with Gasteiger partial charge in [0, 0.05) is 22.9 Å². The Morgan fingerprint density at radius 1 is 1.03 bits per heavy atom. The normalized spacial score (nSPS) is 14.9. The Morgan fingerprint density at radius 2 is 1.76 bits per heavy atom. The van der Waals surface area contributed by atoms with Gasteiger partial charge in [0.15, 0.2) is 0 Å². The minimum Gasteiger partial charge on any atom is -0.489 e. The minimum absolute atomic E-state index is 0.0608. The quantitative estimate of drug-likeness (QED) is 0.495. The molecule has 0 spiro atoms. The summed E-state index contributed by atoms with van der Waals surface area (Å²) in [5.74, 6) is 1.64. The summed E-state index contributed by atoms with van der Waals surface area (Å²) in [4.78, 5) is 4.53. The average molecular weight is 412 g/mol. The zero-order valence-electron chi connectivity index (χ0n) is 16.8. The van der Waals surface area contributed by atoms with Crippen LogP contribution < -0.4 is 10.1 Å². The standard InChI is InChI=1S/C23H26ClN3O2/c1-15(2)28-21-13-10-17(14-20(21)24)22-26-23(29-27-22)16-8-11-19(12-9-16)25-18-6-4-3-5-7-18/h8-15,18,25H,3-7H2,1-2H3. The van der Waals surface area contributed by atoms with Crippen LogP contribution in [0.4, 0.5) is 5.69 Å². The van der Waals surface area contributed by atoms with Gasteiger partial charge in [0.1, 0.15) is 5.75 Å². The molecule has 0 aliphatic heterocycles. The fourth-order valence-corrected chi connectivity index (χ4v) is 3.86. The molecule has 0 unspecified atom stereocenters. The number of anilines is 1. The van der Waals surface area contributed by atoms with E-state index in [0.29, 0.717) is 28.5 Å². The van der Waals surface area contributed by atoms with Gasteiger partial charge in [-0.25, -0.2) is 0 Å². The lowest BCUT2D eigenvalue weighted by Gasteiger charge is -2.23. The first-order valence-electron chi connectivity index (χ1n) is 10.3. The van der Waals surface area contributed by atoms with Crippen molar-refractivity contribution in [1.29, 1.82) is 0 Å². The number of nitrogens with zero attached hydrogens (tertiary/aromatic N) is 2. The summed E-state index contributed by atoms with van der Waals surface area (Å²) < 4.78 is 11.1. The van der Waals surface area contributed by atoms with Crippen molar-refractivity contribution < 1.29 is 9.26 Å². The molecule has 6 heteroatoms. The summed E-state index contributed by atoms with van der Waals surface area (Å²) in [6.45, 7) is 3.93. The molecule has 1 saturated carbocycles. The first kappa shape index (κ1) is 19.8. The number of ether oxygens (including phenoxy) is 1. The van der Waals surface area contributed by atoms with Crippen LogP contribution >= 0.6 is 11.6 Å². The van der Waals surface area contributed by atoms with Crippen LogP contribution in [0.25, 0.3) is 22.8 Å². The molecule has 152 valence electrons. The molecule has 0 atom stereocenters. The van der Waals surface area contributed by atoms with Crippen molar-refractivity contribution in [2.24, 2.45) is 0 Å². The summed E-state index contributed by atoms with van der Waals surface area (Å²) in [5.41, 5.74) is 2.81. The summed E-state index contributed by atoms with van der Waals surface area (Å²) >= 11 is 6.33. The zero-order valence-corrected chi connectivity index (χ0v) is 17.6. The number of halogens is 1. The van der Waals surface area contributed by atoms with Gasteiger partial charge >= 0.3 is 0 Å². The lowest BCUT2D eigenvalue weighted by atomic mass is 9.95. The van der Waals surface area contributed by atoms with Crippen molar-refractivity contribution in [3.05, 3.63) is 47.5 Å². The highest BCUT2D eigenvalue weighted by Gasteiger charge is 2.15. The Balaban J connectivity index is 1.46. The second-order valence-corrected chi connectivity index (χ2v) is 8.20. The van der Waals surface area contributed by atoms with Crippen LogP contribution in [-0.2, 0) is 0 Å². The van der Waals surface area contributed by atoms with Crippen molar-refractivity contribution in [3.63, 3.8) is 0 Å². The van der Waals surface area contributed by atoms with Crippen LogP contribution in [-0.4, -0.2) is 22.3 Å². The predicted molar refractivity (Wildman–Crippen MR) is 116 cm³/mol. The highest BCUT2D eigenvalue weighted by atomic mass is 35.5. The summed E-state index contributed by atoms with van der Waals surface area (Å²) in [5, 5.41) is 8.26. The molecule has 0 amide bonds. The monoisotopic (exact) mass is 411 g/mol. The van der Waals surface area contributed by atoms with Crippen LogP contribution in [0.2, 0.25) is 5.02 Å². The highest BCUT2D eigenvalue weighted by molar-refractivity contribution is 6.32. The molecule has 4 rings (SSSR count). The van der Waals surface area contributed by atoms with Crippen LogP contribution in [0.3, 0.4) is 0 Å². The van der Waals surface area contributed by atoms with Gasteiger partial charge in [0.2, 0.25) is 5.82 Å². The predicted octanol–water partition coefficient (Wildman–Crippen LogP) is 6.59. The second-order valence-electron chi connectivity index (χ2n) is 7.79. The third-order valence-electron chi connectivity index (χ3n) is 5.09. The Morgan fingerprint density at radius 3 is 2.45 bits per heavy atom. The van der Waals surface area contributed by atoms with Gasteiger partial charge in [-0.3, -0.25) is 0 Å². The first-order valence-corrected chi connectivity index (χ1v) is 10.6. The fourth-order valence-electron chi connectivity index (χ4n) is 3.64. The molecule has 5 nitrogen and oxygen atoms in total. The van der Waals surface area contributed by atoms with E-state index in [4.69, 9.17) is 20.9 Å². The van der Waals surface area contributed by atoms with E-state index >= 15 is 0 Å². The lowest BCUT2D eigenvalue weighted by Crippen LogP contribution is -2.22. The van der Waals surface area contributed by atoms with E-state index in [1.165, 1.54) is 32.1 Å². The van der Waals surface area contributed by atoms with E-state index in [1.807, 2.05) is 38.1 Å². The molecule has 1 aliphatic rings. The molecule has 0 saturated heterocycles. The van der Waals surface area contributed by atoms with E-state index in [0.717, 1.165) is 16.8 Å². The van der Waals surface area contributed by atoms with Crippen molar-refractivity contribution in [1.82, 2.24) is 10.1 Å². The highest BCUT2D eigenvalue weighted by Crippen LogP contribution is 2.31. The SMILES string of the molecule is CC(C)Oc1ccc(-c2noc(-c3ccc(NC4CCCCC4)cc3)n2)cc1Cl. The molecule has 1 fully saturated rings. The van der Waals surface area contributed by atoms with Gasteiger partial charge in [-0.2, -0.15) is 4.98 Å². The largest absolute Gasteiger partial charge is 0.489 e. The molecule has 29 heavy (non-hydrogen) atoms. The van der Waals surface area contributed by atoms with E-state index in [2.05, 4.69) is 27.6 Å². The minimum atomic E-state index is 0.0608. The van der Waals surface area contributed by atoms with Crippen molar-refractivity contribution in [2.75, 3.05) is 5.32 Å². The molecule has 0 bridgehead atoms. The van der Waals surface area contributed by atoms with Crippen molar-refractivity contribution >= 4 is 17.3 Å². The number of rotatable bonds is 6. The third kappa shape index (κ3) is 4.91. The maximum atomic E-state index is 6.33. The Hall–Kier alpha value is -2.53. The second kappa shape index (κ2) is 8.87. The maximum Gasteiger partial charge on any atom is 0.258 e. The molecule has 1 aliphatic carbocycles. The molecule has 1 N–H and O–H groups in total. The van der Waals surface area contributed by atoms with Crippen molar-refractivity contribution in [3.8, 4) is 28.6 Å².